The van der Waals surface area contributed by atoms with Gasteiger partial charge in [-0.1, -0.05) is 24.3 Å². The van der Waals surface area contributed by atoms with E-state index in [4.69, 9.17) is 5.73 Å². The average Bonchev–Trinajstić information content (AvgIpc) is 2.38. The number of hydrogen-bond donors (Lipinski definition) is 1. The van der Waals surface area contributed by atoms with Crippen LogP contribution in [0.15, 0.2) is 36.4 Å². The highest BCUT2D eigenvalue weighted by atomic mass is 16.1. The third kappa shape index (κ3) is 1.31. The fourth-order valence-electron chi connectivity index (χ4n) is 2.27. The third-order valence-corrected chi connectivity index (χ3v) is 3.31. The molecule has 0 aromatic heterocycles. The second-order valence-corrected chi connectivity index (χ2v) is 4.46. The quantitative estimate of drug-likeness (QED) is 0.610. The van der Waals surface area contributed by atoms with Crippen LogP contribution >= 0.6 is 0 Å². The summed E-state index contributed by atoms with van der Waals surface area (Å²) in [5.41, 5.74) is 8.94. The Kier molecular flexibility index (Phi) is 2.10. The van der Waals surface area contributed by atoms with E-state index in [9.17, 15) is 9.59 Å². The fraction of sp³-hybridized carbons (Fsp3) is 0.0667. The van der Waals surface area contributed by atoms with Crippen LogP contribution in [0.1, 0.15) is 37.4 Å². The first-order chi connectivity index (χ1) is 8.59. The number of carbonyl (C=O) groups excluding carboxylic acids is 2. The molecule has 0 unspecified atom stereocenters. The van der Waals surface area contributed by atoms with Crippen LogP contribution in [0.25, 0.3) is 0 Å². The van der Waals surface area contributed by atoms with Gasteiger partial charge in [-0.05, 0) is 24.6 Å². The zero-order valence-electron chi connectivity index (χ0n) is 9.86. The molecule has 3 rings (SSSR count). The van der Waals surface area contributed by atoms with E-state index >= 15 is 0 Å². The van der Waals surface area contributed by atoms with E-state index in [1.807, 2.05) is 6.92 Å². The summed E-state index contributed by atoms with van der Waals surface area (Å²) < 4.78 is 0. The SMILES string of the molecule is Cc1cc2c(cc1N)C(=O)c1ccccc1C2=O. The number of nitrogen functional groups attached to an aromatic ring is 1. The molecule has 1 aliphatic rings. The average molecular weight is 237 g/mol. The highest BCUT2D eigenvalue weighted by Crippen LogP contribution is 2.29. The van der Waals surface area contributed by atoms with Gasteiger partial charge in [-0.15, -0.1) is 0 Å². The van der Waals surface area contributed by atoms with Crippen LogP contribution in [0.3, 0.4) is 0 Å². The van der Waals surface area contributed by atoms with Gasteiger partial charge >= 0.3 is 0 Å². The van der Waals surface area contributed by atoms with Gasteiger partial charge in [0.2, 0.25) is 0 Å². The summed E-state index contributed by atoms with van der Waals surface area (Å²) in [5.74, 6) is -0.241. The summed E-state index contributed by atoms with van der Waals surface area (Å²) >= 11 is 0. The number of carbonyl (C=O) groups is 2. The van der Waals surface area contributed by atoms with Crippen molar-refractivity contribution in [1.82, 2.24) is 0 Å². The summed E-state index contributed by atoms with van der Waals surface area (Å²) in [6.45, 7) is 1.83. The molecule has 0 saturated carbocycles. The third-order valence-electron chi connectivity index (χ3n) is 3.31. The first-order valence-electron chi connectivity index (χ1n) is 5.68. The van der Waals surface area contributed by atoms with Crippen molar-refractivity contribution in [1.29, 1.82) is 0 Å². The number of nitrogens with two attached hydrogens (primary N) is 1. The van der Waals surface area contributed by atoms with E-state index in [0.29, 0.717) is 27.9 Å². The molecule has 88 valence electrons. The summed E-state index contributed by atoms with van der Waals surface area (Å²) in [5, 5.41) is 0. The maximum absolute atomic E-state index is 12.3. The Morgan fingerprint density at radius 3 is 1.89 bits per heavy atom. The molecule has 0 bridgehead atoms. The zero-order chi connectivity index (χ0) is 12.9. The molecule has 0 atom stereocenters. The fourth-order valence-corrected chi connectivity index (χ4v) is 2.27. The molecule has 0 aliphatic heterocycles. The molecule has 0 saturated heterocycles. The number of benzene rings is 2. The normalized spacial score (nSPS) is 13.2. The van der Waals surface area contributed by atoms with E-state index in [-0.39, 0.29) is 11.6 Å². The van der Waals surface area contributed by atoms with Crippen molar-refractivity contribution < 1.29 is 9.59 Å². The Hall–Kier alpha value is -2.42. The molecule has 0 amide bonds. The van der Waals surface area contributed by atoms with Crippen molar-refractivity contribution >= 4 is 17.3 Å². The molecule has 18 heavy (non-hydrogen) atoms. The van der Waals surface area contributed by atoms with Gasteiger partial charge in [0.25, 0.3) is 0 Å². The van der Waals surface area contributed by atoms with Crippen molar-refractivity contribution in [3.05, 3.63) is 64.2 Å². The van der Waals surface area contributed by atoms with Gasteiger partial charge in [-0.3, -0.25) is 9.59 Å². The zero-order valence-corrected chi connectivity index (χ0v) is 9.86. The van der Waals surface area contributed by atoms with Gasteiger partial charge < -0.3 is 5.73 Å². The highest BCUT2D eigenvalue weighted by Gasteiger charge is 2.29. The van der Waals surface area contributed by atoms with Gasteiger partial charge in [0.05, 0.1) is 0 Å². The number of fused-ring (bicyclic) bond motifs is 2. The first kappa shape index (κ1) is 10.7. The van der Waals surface area contributed by atoms with Crippen molar-refractivity contribution in [2.24, 2.45) is 0 Å². The minimum absolute atomic E-state index is 0.108. The van der Waals surface area contributed by atoms with Crippen LogP contribution in [0, 0.1) is 6.92 Å². The van der Waals surface area contributed by atoms with Crippen molar-refractivity contribution in [3.63, 3.8) is 0 Å². The predicted octanol–water partition coefficient (Wildman–Crippen LogP) is 2.35. The van der Waals surface area contributed by atoms with Crippen molar-refractivity contribution in [2.75, 3.05) is 5.73 Å². The van der Waals surface area contributed by atoms with E-state index in [1.165, 1.54) is 0 Å². The Morgan fingerprint density at radius 2 is 1.33 bits per heavy atom. The first-order valence-corrected chi connectivity index (χ1v) is 5.68. The van der Waals surface area contributed by atoms with Crippen LogP contribution in [-0.4, -0.2) is 11.6 Å². The Morgan fingerprint density at radius 1 is 0.833 bits per heavy atom. The largest absolute Gasteiger partial charge is 0.398 e. The van der Waals surface area contributed by atoms with Crippen LogP contribution in [0.5, 0.6) is 0 Å². The second kappa shape index (κ2) is 3.53. The topological polar surface area (TPSA) is 60.2 Å². The number of aryl methyl sites for hydroxylation is 1. The molecule has 0 fully saturated rings. The number of rotatable bonds is 0. The van der Waals surface area contributed by atoms with Crippen molar-refractivity contribution in [2.45, 2.75) is 6.92 Å². The molecule has 3 nitrogen and oxygen atoms in total. The Bertz CT molecular complexity index is 642. The van der Waals surface area contributed by atoms with Crippen LogP contribution in [0.2, 0.25) is 0 Å². The van der Waals surface area contributed by atoms with Gasteiger partial charge in [-0.2, -0.15) is 0 Å². The summed E-state index contributed by atoms with van der Waals surface area (Å²) in [7, 11) is 0. The minimum Gasteiger partial charge on any atom is -0.398 e. The molecular weight excluding hydrogens is 226 g/mol. The lowest BCUT2D eigenvalue weighted by Crippen LogP contribution is -2.21. The Balaban J connectivity index is 2.34. The van der Waals surface area contributed by atoms with E-state index in [2.05, 4.69) is 0 Å². The maximum Gasteiger partial charge on any atom is 0.194 e. The lowest BCUT2D eigenvalue weighted by Gasteiger charge is -2.18. The summed E-state index contributed by atoms with van der Waals surface area (Å²) in [6.07, 6.45) is 0. The molecule has 0 heterocycles. The second-order valence-electron chi connectivity index (χ2n) is 4.46. The monoisotopic (exact) mass is 237 g/mol. The molecule has 0 spiro atoms. The van der Waals surface area contributed by atoms with Gasteiger partial charge in [0, 0.05) is 27.9 Å². The summed E-state index contributed by atoms with van der Waals surface area (Å²) in [4.78, 5) is 24.6. The van der Waals surface area contributed by atoms with Gasteiger partial charge in [-0.25, -0.2) is 0 Å². The Labute approximate surface area is 104 Å². The molecule has 3 heteroatoms. The number of ketones is 2. The predicted molar refractivity (Wildman–Crippen MR) is 68.9 cm³/mol. The maximum atomic E-state index is 12.3. The lowest BCUT2D eigenvalue weighted by molar-refractivity contribution is 0.0979. The smallest absolute Gasteiger partial charge is 0.194 e. The lowest BCUT2D eigenvalue weighted by atomic mass is 9.83. The van der Waals surface area contributed by atoms with Gasteiger partial charge in [0.1, 0.15) is 0 Å². The molecule has 2 aromatic rings. The van der Waals surface area contributed by atoms with E-state index in [0.717, 1.165) is 5.56 Å². The number of hydrogen-bond acceptors (Lipinski definition) is 3. The standard InChI is InChI=1S/C15H11NO2/c1-8-6-11-12(7-13(8)16)15(18)10-5-3-2-4-9(10)14(11)17/h2-7H,16H2,1H3. The van der Waals surface area contributed by atoms with Crippen molar-refractivity contribution in [3.8, 4) is 0 Å². The molecule has 1 aliphatic carbocycles. The van der Waals surface area contributed by atoms with Crippen LogP contribution in [-0.2, 0) is 0 Å². The summed E-state index contributed by atoms with van der Waals surface area (Å²) in [6, 6.07) is 10.2. The van der Waals surface area contributed by atoms with Crippen LogP contribution < -0.4 is 5.73 Å². The van der Waals surface area contributed by atoms with E-state index < -0.39 is 0 Å². The van der Waals surface area contributed by atoms with Crippen LogP contribution in [0.4, 0.5) is 5.69 Å². The van der Waals surface area contributed by atoms with Gasteiger partial charge in [0.15, 0.2) is 11.6 Å². The molecule has 0 radical (unpaired) electrons. The molecule has 2 N–H and O–H groups in total. The minimum atomic E-state index is -0.132. The molecule has 2 aromatic carbocycles. The number of anilines is 1. The highest BCUT2D eigenvalue weighted by molar-refractivity contribution is 6.28. The van der Waals surface area contributed by atoms with E-state index in [1.54, 1.807) is 36.4 Å². The molecular formula is C15H11NO2.